The van der Waals surface area contributed by atoms with Gasteiger partial charge in [-0.25, -0.2) is 0 Å². The van der Waals surface area contributed by atoms with Gasteiger partial charge in [-0.05, 0) is 36.3 Å². The van der Waals surface area contributed by atoms with Gasteiger partial charge in [0.1, 0.15) is 0 Å². The van der Waals surface area contributed by atoms with Crippen molar-refractivity contribution in [1.29, 1.82) is 0 Å². The number of hydrogen-bond acceptors (Lipinski definition) is 2. The first-order chi connectivity index (χ1) is 7.68. The van der Waals surface area contributed by atoms with Crippen molar-refractivity contribution in [3.05, 3.63) is 35.4 Å². The monoisotopic (exact) mass is 219 g/mol. The Morgan fingerprint density at radius 2 is 2.12 bits per heavy atom. The SMILES string of the molecule is NC(CCC(=O)O)c1ccccc1C1CC1. The molecule has 3 N–H and O–H groups in total. The second-order valence-electron chi connectivity index (χ2n) is 4.44. The standard InChI is InChI=1S/C13H17NO2/c14-12(7-8-13(15)16)11-4-2-1-3-10(11)9-5-6-9/h1-4,9,12H,5-8,14H2,(H,15,16). The number of hydrogen-bond donors (Lipinski definition) is 2. The van der Waals surface area contributed by atoms with Crippen molar-refractivity contribution in [2.75, 3.05) is 0 Å². The summed E-state index contributed by atoms with van der Waals surface area (Å²) in [6, 6.07) is 8.00. The van der Waals surface area contributed by atoms with Gasteiger partial charge in [-0.15, -0.1) is 0 Å². The van der Waals surface area contributed by atoms with E-state index in [4.69, 9.17) is 10.8 Å². The molecule has 0 aliphatic heterocycles. The van der Waals surface area contributed by atoms with Crippen LogP contribution in [0, 0.1) is 0 Å². The lowest BCUT2D eigenvalue weighted by Crippen LogP contribution is -2.14. The molecule has 0 heterocycles. The van der Waals surface area contributed by atoms with Crippen LogP contribution in [-0.4, -0.2) is 11.1 Å². The van der Waals surface area contributed by atoms with Crippen LogP contribution in [0.4, 0.5) is 0 Å². The molecule has 1 saturated carbocycles. The summed E-state index contributed by atoms with van der Waals surface area (Å²) in [4.78, 5) is 10.5. The molecule has 0 saturated heterocycles. The molecular weight excluding hydrogens is 202 g/mol. The zero-order valence-electron chi connectivity index (χ0n) is 9.23. The van der Waals surface area contributed by atoms with E-state index in [9.17, 15) is 4.79 Å². The number of carboxylic acid groups (broad SMARTS) is 1. The first-order valence-corrected chi connectivity index (χ1v) is 5.74. The predicted molar refractivity (Wildman–Crippen MR) is 62.2 cm³/mol. The highest BCUT2D eigenvalue weighted by atomic mass is 16.4. The lowest BCUT2D eigenvalue weighted by molar-refractivity contribution is -0.137. The maximum absolute atomic E-state index is 10.5. The summed E-state index contributed by atoms with van der Waals surface area (Å²) in [6.45, 7) is 0. The molecule has 2 rings (SSSR count). The fraction of sp³-hybridized carbons (Fsp3) is 0.462. The van der Waals surface area contributed by atoms with Crippen LogP contribution in [0.2, 0.25) is 0 Å². The number of carbonyl (C=O) groups is 1. The van der Waals surface area contributed by atoms with Gasteiger partial charge in [-0.2, -0.15) is 0 Å². The molecule has 1 unspecified atom stereocenters. The largest absolute Gasteiger partial charge is 0.481 e. The second kappa shape index (κ2) is 4.66. The van der Waals surface area contributed by atoms with E-state index < -0.39 is 5.97 Å². The van der Waals surface area contributed by atoms with Gasteiger partial charge >= 0.3 is 5.97 Å². The molecule has 1 atom stereocenters. The highest BCUT2D eigenvalue weighted by Crippen LogP contribution is 2.43. The van der Waals surface area contributed by atoms with Crippen molar-refractivity contribution >= 4 is 5.97 Å². The number of aliphatic carboxylic acids is 1. The topological polar surface area (TPSA) is 63.3 Å². The van der Waals surface area contributed by atoms with E-state index in [1.807, 2.05) is 18.2 Å². The highest BCUT2D eigenvalue weighted by molar-refractivity contribution is 5.66. The Labute approximate surface area is 95.3 Å². The molecule has 3 nitrogen and oxygen atoms in total. The lowest BCUT2D eigenvalue weighted by atomic mass is 9.95. The van der Waals surface area contributed by atoms with E-state index in [1.54, 1.807) is 0 Å². The van der Waals surface area contributed by atoms with Crippen LogP contribution < -0.4 is 5.73 Å². The molecule has 1 fully saturated rings. The third kappa shape index (κ3) is 2.61. The van der Waals surface area contributed by atoms with Gasteiger partial charge in [-0.3, -0.25) is 4.79 Å². The van der Waals surface area contributed by atoms with Crippen molar-refractivity contribution in [1.82, 2.24) is 0 Å². The zero-order chi connectivity index (χ0) is 11.5. The van der Waals surface area contributed by atoms with Gasteiger partial charge in [0.15, 0.2) is 0 Å². The molecule has 1 aliphatic rings. The van der Waals surface area contributed by atoms with Gasteiger partial charge in [0.2, 0.25) is 0 Å². The van der Waals surface area contributed by atoms with Crippen LogP contribution in [0.3, 0.4) is 0 Å². The average Bonchev–Trinajstić information content (AvgIpc) is 3.09. The Balaban J connectivity index is 2.09. The van der Waals surface area contributed by atoms with Crippen LogP contribution in [0.25, 0.3) is 0 Å². The predicted octanol–water partition coefficient (Wildman–Crippen LogP) is 2.43. The minimum Gasteiger partial charge on any atom is -0.481 e. The van der Waals surface area contributed by atoms with Gasteiger partial charge in [0.25, 0.3) is 0 Å². The summed E-state index contributed by atoms with van der Waals surface area (Å²) in [6.07, 6.45) is 3.13. The Bertz CT molecular complexity index is 385. The van der Waals surface area contributed by atoms with Crippen LogP contribution >= 0.6 is 0 Å². The molecule has 1 aromatic carbocycles. The summed E-state index contributed by atoms with van der Waals surface area (Å²) in [5.74, 6) is -0.119. The van der Waals surface area contributed by atoms with Crippen molar-refractivity contribution in [3.8, 4) is 0 Å². The second-order valence-corrected chi connectivity index (χ2v) is 4.44. The Hall–Kier alpha value is -1.35. The molecule has 1 aromatic rings. The minimum atomic E-state index is -0.778. The van der Waals surface area contributed by atoms with Crippen molar-refractivity contribution in [2.24, 2.45) is 5.73 Å². The highest BCUT2D eigenvalue weighted by Gasteiger charge is 2.27. The van der Waals surface area contributed by atoms with E-state index in [-0.39, 0.29) is 12.5 Å². The molecule has 0 bridgehead atoms. The van der Waals surface area contributed by atoms with E-state index >= 15 is 0 Å². The van der Waals surface area contributed by atoms with E-state index in [0.717, 1.165) is 5.56 Å². The molecule has 16 heavy (non-hydrogen) atoms. The smallest absolute Gasteiger partial charge is 0.303 e. The summed E-state index contributed by atoms with van der Waals surface area (Å²) in [5, 5.41) is 8.64. The Morgan fingerprint density at radius 1 is 1.44 bits per heavy atom. The van der Waals surface area contributed by atoms with Crippen LogP contribution in [0.5, 0.6) is 0 Å². The Kier molecular flexibility index (Phi) is 3.25. The molecule has 0 spiro atoms. The molecule has 1 aliphatic carbocycles. The summed E-state index contributed by atoms with van der Waals surface area (Å²) in [5.41, 5.74) is 8.50. The average molecular weight is 219 g/mol. The van der Waals surface area contributed by atoms with Gasteiger partial charge in [0, 0.05) is 12.5 Å². The third-order valence-corrected chi connectivity index (χ3v) is 3.08. The van der Waals surface area contributed by atoms with E-state index in [2.05, 4.69) is 6.07 Å². The quantitative estimate of drug-likeness (QED) is 0.799. The molecule has 86 valence electrons. The van der Waals surface area contributed by atoms with Gasteiger partial charge < -0.3 is 10.8 Å². The molecule has 0 radical (unpaired) electrons. The summed E-state index contributed by atoms with van der Waals surface area (Å²) < 4.78 is 0. The number of rotatable bonds is 5. The number of nitrogens with two attached hydrogens (primary N) is 1. The van der Waals surface area contributed by atoms with Crippen LogP contribution in [0.1, 0.15) is 48.8 Å². The van der Waals surface area contributed by atoms with Crippen molar-refractivity contribution in [2.45, 2.75) is 37.6 Å². The normalized spacial score (nSPS) is 17.1. The van der Waals surface area contributed by atoms with Gasteiger partial charge in [0.05, 0.1) is 0 Å². The van der Waals surface area contributed by atoms with Crippen molar-refractivity contribution < 1.29 is 9.90 Å². The zero-order valence-corrected chi connectivity index (χ0v) is 9.23. The van der Waals surface area contributed by atoms with E-state index in [1.165, 1.54) is 18.4 Å². The molecule has 0 aromatic heterocycles. The summed E-state index contributed by atoms with van der Waals surface area (Å²) in [7, 11) is 0. The third-order valence-electron chi connectivity index (χ3n) is 3.08. The molecular formula is C13H17NO2. The van der Waals surface area contributed by atoms with Gasteiger partial charge in [-0.1, -0.05) is 24.3 Å². The fourth-order valence-corrected chi connectivity index (χ4v) is 2.05. The summed E-state index contributed by atoms with van der Waals surface area (Å²) >= 11 is 0. The Morgan fingerprint density at radius 3 is 2.75 bits per heavy atom. The van der Waals surface area contributed by atoms with Crippen LogP contribution in [0.15, 0.2) is 24.3 Å². The lowest BCUT2D eigenvalue weighted by Gasteiger charge is -2.15. The van der Waals surface area contributed by atoms with Crippen LogP contribution in [-0.2, 0) is 4.79 Å². The molecule has 3 heteroatoms. The van der Waals surface area contributed by atoms with Crippen molar-refractivity contribution in [3.63, 3.8) is 0 Å². The minimum absolute atomic E-state index is 0.139. The molecule has 0 amide bonds. The maximum atomic E-state index is 10.5. The first-order valence-electron chi connectivity index (χ1n) is 5.74. The first kappa shape index (κ1) is 11.1. The fourth-order valence-electron chi connectivity index (χ4n) is 2.05. The maximum Gasteiger partial charge on any atom is 0.303 e. The van der Waals surface area contributed by atoms with E-state index in [0.29, 0.717) is 12.3 Å². The number of carboxylic acids is 1. The number of benzene rings is 1.